The Morgan fingerprint density at radius 3 is 2.59 bits per heavy atom. The summed E-state index contributed by atoms with van der Waals surface area (Å²) in [4.78, 5) is 0. The van der Waals surface area contributed by atoms with Crippen molar-refractivity contribution in [1.29, 1.82) is 0 Å². The first-order valence-electron chi connectivity index (χ1n) is 5.79. The van der Waals surface area contributed by atoms with E-state index in [9.17, 15) is 5.11 Å². The summed E-state index contributed by atoms with van der Waals surface area (Å²) in [5.41, 5.74) is 1.07. The van der Waals surface area contributed by atoms with Crippen molar-refractivity contribution in [2.75, 3.05) is 20.8 Å². The maximum Gasteiger partial charge on any atom is 0.137 e. The molecule has 0 saturated heterocycles. The first kappa shape index (κ1) is 14.3. The summed E-state index contributed by atoms with van der Waals surface area (Å²) >= 11 is 6.11. The molecule has 96 valence electrons. The van der Waals surface area contributed by atoms with Crippen LogP contribution < -0.4 is 10.1 Å². The van der Waals surface area contributed by atoms with Crippen LogP contribution in [0.2, 0.25) is 5.02 Å². The van der Waals surface area contributed by atoms with Gasteiger partial charge >= 0.3 is 0 Å². The van der Waals surface area contributed by atoms with Crippen LogP contribution in [0.15, 0.2) is 18.2 Å². The molecule has 3 nitrogen and oxygen atoms in total. The van der Waals surface area contributed by atoms with Gasteiger partial charge in [-0.1, -0.05) is 24.6 Å². The second-order valence-corrected chi connectivity index (χ2v) is 4.42. The highest BCUT2D eigenvalue weighted by Crippen LogP contribution is 2.31. The second kappa shape index (κ2) is 6.84. The van der Waals surface area contributed by atoms with Crippen LogP contribution in [0.3, 0.4) is 0 Å². The number of hydrogen-bond acceptors (Lipinski definition) is 3. The topological polar surface area (TPSA) is 41.5 Å². The van der Waals surface area contributed by atoms with E-state index in [0.29, 0.717) is 10.8 Å². The Labute approximate surface area is 108 Å². The van der Waals surface area contributed by atoms with Crippen molar-refractivity contribution in [3.05, 3.63) is 28.8 Å². The van der Waals surface area contributed by atoms with Gasteiger partial charge in [-0.15, -0.1) is 0 Å². The Morgan fingerprint density at radius 2 is 2.18 bits per heavy atom. The van der Waals surface area contributed by atoms with Gasteiger partial charge in [-0.25, -0.2) is 0 Å². The first-order chi connectivity index (χ1) is 8.17. The highest BCUT2D eigenvalue weighted by atomic mass is 35.5. The zero-order chi connectivity index (χ0) is 12.8. The van der Waals surface area contributed by atoms with Crippen LogP contribution in [-0.4, -0.2) is 25.9 Å². The van der Waals surface area contributed by atoms with Gasteiger partial charge in [0.15, 0.2) is 0 Å². The number of ether oxygens (including phenoxy) is 1. The first-order valence-corrected chi connectivity index (χ1v) is 6.17. The normalized spacial score (nSPS) is 14.4. The number of aliphatic hydroxyl groups is 1. The van der Waals surface area contributed by atoms with Gasteiger partial charge in [0.25, 0.3) is 0 Å². The SMILES string of the molecule is CCC(CO)C(NC)c1ccc(OC)c(Cl)c1. The molecule has 1 rings (SSSR count). The molecule has 0 bridgehead atoms. The summed E-state index contributed by atoms with van der Waals surface area (Å²) in [6.45, 7) is 2.22. The molecule has 1 aromatic rings. The summed E-state index contributed by atoms with van der Waals surface area (Å²) in [6.07, 6.45) is 0.908. The zero-order valence-electron chi connectivity index (χ0n) is 10.5. The number of halogens is 1. The van der Waals surface area contributed by atoms with E-state index in [4.69, 9.17) is 16.3 Å². The Bertz CT molecular complexity index is 353. The highest BCUT2D eigenvalue weighted by Gasteiger charge is 2.20. The molecule has 2 unspecified atom stereocenters. The Balaban J connectivity index is 3.00. The Morgan fingerprint density at radius 1 is 1.47 bits per heavy atom. The smallest absolute Gasteiger partial charge is 0.137 e. The molecule has 0 heterocycles. The van der Waals surface area contributed by atoms with Gasteiger partial charge in [-0.2, -0.15) is 0 Å². The molecule has 2 atom stereocenters. The molecule has 2 N–H and O–H groups in total. The molecule has 0 amide bonds. The summed E-state index contributed by atoms with van der Waals surface area (Å²) in [7, 11) is 3.49. The van der Waals surface area contributed by atoms with Crippen LogP contribution in [0.4, 0.5) is 0 Å². The van der Waals surface area contributed by atoms with E-state index >= 15 is 0 Å². The van der Waals surface area contributed by atoms with E-state index in [1.807, 2.05) is 25.2 Å². The minimum Gasteiger partial charge on any atom is -0.495 e. The van der Waals surface area contributed by atoms with Crippen LogP contribution in [0.25, 0.3) is 0 Å². The Kier molecular flexibility index (Phi) is 5.75. The highest BCUT2D eigenvalue weighted by molar-refractivity contribution is 6.32. The number of aliphatic hydroxyl groups excluding tert-OH is 1. The maximum absolute atomic E-state index is 9.36. The molecule has 0 spiro atoms. The van der Waals surface area contributed by atoms with Crippen molar-refractivity contribution in [2.45, 2.75) is 19.4 Å². The van der Waals surface area contributed by atoms with Crippen LogP contribution in [0.5, 0.6) is 5.75 Å². The van der Waals surface area contributed by atoms with E-state index in [2.05, 4.69) is 12.2 Å². The van der Waals surface area contributed by atoms with Gasteiger partial charge in [-0.3, -0.25) is 0 Å². The number of methoxy groups -OCH3 is 1. The molecular weight excluding hydrogens is 238 g/mol. The van der Waals surface area contributed by atoms with Gasteiger partial charge in [0, 0.05) is 18.6 Å². The predicted octanol–water partition coefficient (Wildman–Crippen LogP) is 2.63. The lowest BCUT2D eigenvalue weighted by molar-refractivity contribution is 0.189. The third kappa shape index (κ3) is 3.35. The standard InChI is InChI=1S/C13H20ClNO2/c1-4-9(8-16)13(15-2)10-5-6-12(17-3)11(14)7-10/h5-7,9,13,15-16H,4,8H2,1-3H3. The lowest BCUT2D eigenvalue weighted by Gasteiger charge is -2.25. The monoisotopic (exact) mass is 257 g/mol. The van der Waals surface area contributed by atoms with Crippen molar-refractivity contribution in [3.63, 3.8) is 0 Å². The molecule has 0 aliphatic heterocycles. The van der Waals surface area contributed by atoms with Crippen LogP contribution >= 0.6 is 11.6 Å². The summed E-state index contributed by atoms with van der Waals surface area (Å²) in [6, 6.07) is 5.82. The third-order valence-electron chi connectivity index (χ3n) is 3.08. The molecule has 4 heteroatoms. The van der Waals surface area contributed by atoms with Crippen molar-refractivity contribution in [2.24, 2.45) is 5.92 Å². The summed E-state index contributed by atoms with van der Waals surface area (Å²) in [5, 5.41) is 13.2. The molecule has 0 fully saturated rings. The van der Waals surface area contributed by atoms with Crippen molar-refractivity contribution in [1.82, 2.24) is 5.32 Å². The largest absolute Gasteiger partial charge is 0.495 e. The minimum absolute atomic E-state index is 0.105. The number of hydrogen-bond donors (Lipinski definition) is 2. The fourth-order valence-electron chi connectivity index (χ4n) is 2.02. The number of nitrogens with one attached hydrogen (secondary N) is 1. The van der Waals surface area contributed by atoms with Gasteiger partial charge in [0.2, 0.25) is 0 Å². The molecule has 0 aliphatic rings. The zero-order valence-corrected chi connectivity index (χ0v) is 11.3. The van der Waals surface area contributed by atoms with Gasteiger partial charge in [0.1, 0.15) is 5.75 Å². The van der Waals surface area contributed by atoms with Crippen molar-refractivity contribution in [3.8, 4) is 5.75 Å². The fraction of sp³-hybridized carbons (Fsp3) is 0.538. The number of rotatable bonds is 6. The second-order valence-electron chi connectivity index (χ2n) is 4.01. The average Bonchev–Trinajstić information content (AvgIpc) is 2.35. The lowest BCUT2D eigenvalue weighted by atomic mass is 9.91. The van der Waals surface area contributed by atoms with E-state index in [1.165, 1.54) is 0 Å². The molecular formula is C13H20ClNO2. The predicted molar refractivity (Wildman–Crippen MR) is 70.7 cm³/mol. The molecule has 0 aliphatic carbocycles. The molecule has 0 radical (unpaired) electrons. The van der Waals surface area contributed by atoms with Crippen molar-refractivity contribution >= 4 is 11.6 Å². The van der Waals surface area contributed by atoms with Crippen LogP contribution in [0, 0.1) is 5.92 Å². The van der Waals surface area contributed by atoms with Crippen LogP contribution in [0.1, 0.15) is 24.9 Å². The number of benzene rings is 1. The lowest BCUT2D eigenvalue weighted by Crippen LogP contribution is -2.27. The van der Waals surface area contributed by atoms with Gasteiger partial charge in [0.05, 0.1) is 12.1 Å². The summed E-state index contributed by atoms with van der Waals surface area (Å²) in [5.74, 6) is 0.853. The van der Waals surface area contributed by atoms with Crippen molar-refractivity contribution < 1.29 is 9.84 Å². The minimum atomic E-state index is 0.105. The quantitative estimate of drug-likeness (QED) is 0.823. The van der Waals surface area contributed by atoms with Gasteiger partial charge in [-0.05, 0) is 31.2 Å². The Hall–Kier alpha value is -0.770. The summed E-state index contributed by atoms with van der Waals surface area (Å²) < 4.78 is 5.12. The van der Waals surface area contributed by atoms with Gasteiger partial charge < -0.3 is 15.2 Å². The molecule has 0 saturated carbocycles. The molecule has 1 aromatic carbocycles. The van der Waals surface area contributed by atoms with E-state index in [-0.39, 0.29) is 18.6 Å². The van der Waals surface area contributed by atoms with E-state index < -0.39 is 0 Å². The van der Waals surface area contributed by atoms with Crippen LogP contribution in [-0.2, 0) is 0 Å². The molecule has 0 aromatic heterocycles. The van der Waals surface area contributed by atoms with E-state index in [0.717, 1.165) is 12.0 Å². The third-order valence-corrected chi connectivity index (χ3v) is 3.37. The average molecular weight is 258 g/mol. The maximum atomic E-state index is 9.36. The molecule has 17 heavy (non-hydrogen) atoms. The fourth-order valence-corrected chi connectivity index (χ4v) is 2.29. The van der Waals surface area contributed by atoms with E-state index in [1.54, 1.807) is 7.11 Å².